The first kappa shape index (κ1) is 20.9. The molecule has 0 bridgehead atoms. The normalized spacial score (nSPS) is 10.6. The molecule has 1 amide bonds. The number of phenols is 1. The first-order valence-corrected chi connectivity index (χ1v) is 8.67. The zero-order valence-corrected chi connectivity index (χ0v) is 15.7. The van der Waals surface area contributed by atoms with Gasteiger partial charge in [0.25, 0.3) is 11.6 Å². The third kappa shape index (κ3) is 5.17. The fraction of sp³-hybridized carbons (Fsp3) is 0. The van der Waals surface area contributed by atoms with E-state index in [2.05, 4.69) is 10.5 Å². The number of nitrogens with zero attached hydrogens (tertiary/aromatic N) is 3. The highest BCUT2D eigenvalue weighted by atomic mass is 16.6. The van der Waals surface area contributed by atoms with Gasteiger partial charge in [0.1, 0.15) is 11.5 Å². The van der Waals surface area contributed by atoms with Crippen molar-refractivity contribution in [3.63, 3.8) is 0 Å². The quantitative estimate of drug-likeness (QED) is 0.333. The zero-order chi connectivity index (χ0) is 22.4. The lowest BCUT2D eigenvalue weighted by Gasteiger charge is -2.06. The van der Waals surface area contributed by atoms with E-state index in [0.29, 0.717) is 5.56 Å². The predicted molar refractivity (Wildman–Crippen MR) is 109 cm³/mol. The van der Waals surface area contributed by atoms with Crippen LogP contribution in [-0.2, 0) is 0 Å². The van der Waals surface area contributed by atoms with E-state index in [4.69, 9.17) is 4.74 Å². The lowest BCUT2D eigenvalue weighted by Crippen LogP contribution is -2.17. The summed E-state index contributed by atoms with van der Waals surface area (Å²) < 4.78 is 5.47. The van der Waals surface area contributed by atoms with E-state index in [0.717, 1.165) is 18.2 Å². The summed E-state index contributed by atoms with van der Waals surface area (Å²) in [6.07, 6.45) is 1.36. The van der Waals surface area contributed by atoms with Crippen molar-refractivity contribution in [3.8, 4) is 17.2 Å². The molecule has 3 aromatic rings. The maximum absolute atomic E-state index is 12.0. The van der Waals surface area contributed by atoms with Crippen LogP contribution >= 0.6 is 0 Å². The second kappa shape index (κ2) is 9.13. The number of carbonyl (C=O) groups is 1. The van der Waals surface area contributed by atoms with E-state index in [-0.39, 0.29) is 22.8 Å². The Kier molecular flexibility index (Phi) is 6.16. The van der Waals surface area contributed by atoms with Gasteiger partial charge in [0.2, 0.25) is 5.75 Å². The van der Waals surface area contributed by atoms with Gasteiger partial charge in [0.05, 0.1) is 27.7 Å². The molecule has 156 valence electrons. The number of nitrogens with one attached hydrogen (secondary N) is 1. The topological polar surface area (TPSA) is 157 Å². The minimum Gasteiger partial charge on any atom is -0.507 e. The van der Waals surface area contributed by atoms with Gasteiger partial charge >= 0.3 is 5.69 Å². The first-order valence-electron chi connectivity index (χ1n) is 8.67. The molecule has 0 saturated carbocycles. The number of hydrogen-bond donors (Lipinski definition) is 2. The van der Waals surface area contributed by atoms with Crippen LogP contribution in [0, 0.1) is 20.2 Å². The van der Waals surface area contributed by atoms with Crippen molar-refractivity contribution >= 4 is 23.5 Å². The molecule has 0 saturated heterocycles. The number of benzene rings is 3. The molecule has 0 aliphatic carbocycles. The Morgan fingerprint density at radius 3 is 2.35 bits per heavy atom. The van der Waals surface area contributed by atoms with Crippen molar-refractivity contribution in [1.82, 2.24) is 5.43 Å². The Hall–Kier alpha value is -4.80. The summed E-state index contributed by atoms with van der Waals surface area (Å²) in [5, 5.41) is 35.4. The lowest BCUT2D eigenvalue weighted by atomic mass is 10.2. The summed E-state index contributed by atoms with van der Waals surface area (Å²) in [6.45, 7) is 0. The highest BCUT2D eigenvalue weighted by Crippen LogP contribution is 2.34. The molecule has 0 aromatic heterocycles. The van der Waals surface area contributed by atoms with Gasteiger partial charge in [-0.2, -0.15) is 5.10 Å². The van der Waals surface area contributed by atoms with E-state index in [1.54, 1.807) is 24.3 Å². The molecule has 0 spiro atoms. The standard InChI is InChI=1S/C20H14N4O7/c25-18-4-2-1-3-16(18)20(26)22-21-12-13-5-8-15(9-6-13)31-19-10-7-14(23(27)28)11-17(19)24(29)30/h1-12,25H,(H,22,26)/b21-12+. The molecule has 0 fully saturated rings. The number of aromatic hydroxyl groups is 1. The number of nitro benzene ring substituents is 2. The smallest absolute Gasteiger partial charge is 0.318 e. The van der Waals surface area contributed by atoms with Crippen LogP contribution in [0.25, 0.3) is 0 Å². The molecule has 0 atom stereocenters. The Labute approximate surface area is 174 Å². The summed E-state index contributed by atoms with van der Waals surface area (Å²) in [5.41, 5.74) is 1.99. The number of amides is 1. The summed E-state index contributed by atoms with van der Waals surface area (Å²) in [6, 6.07) is 15.3. The number of hydrazone groups is 1. The monoisotopic (exact) mass is 422 g/mol. The summed E-state index contributed by atoms with van der Waals surface area (Å²) in [4.78, 5) is 32.4. The number of nitro groups is 2. The van der Waals surface area contributed by atoms with Crippen molar-refractivity contribution in [2.24, 2.45) is 5.10 Å². The molecule has 0 radical (unpaired) electrons. The second-order valence-electron chi connectivity index (χ2n) is 6.05. The van der Waals surface area contributed by atoms with Crippen LogP contribution in [-0.4, -0.2) is 27.1 Å². The molecular formula is C20H14N4O7. The second-order valence-corrected chi connectivity index (χ2v) is 6.05. The van der Waals surface area contributed by atoms with Crippen molar-refractivity contribution in [1.29, 1.82) is 0 Å². The van der Waals surface area contributed by atoms with Gasteiger partial charge in [-0.15, -0.1) is 0 Å². The molecule has 11 nitrogen and oxygen atoms in total. The van der Waals surface area contributed by atoms with E-state index in [1.165, 1.54) is 30.5 Å². The van der Waals surface area contributed by atoms with Gasteiger partial charge in [-0.3, -0.25) is 25.0 Å². The molecule has 3 aromatic carbocycles. The van der Waals surface area contributed by atoms with Crippen LogP contribution < -0.4 is 10.2 Å². The Bertz CT molecular complexity index is 1180. The maximum atomic E-state index is 12.0. The minimum absolute atomic E-state index is 0.0769. The summed E-state index contributed by atoms with van der Waals surface area (Å²) >= 11 is 0. The number of hydrogen-bond acceptors (Lipinski definition) is 8. The van der Waals surface area contributed by atoms with Crippen molar-refractivity contribution in [3.05, 3.63) is 98.1 Å². The first-order chi connectivity index (χ1) is 14.8. The fourth-order valence-corrected chi connectivity index (χ4v) is 2.49. The molecule has 0 aliphatic rings. The van der Waals surface area contributed by atoms with Crippen molar-refractivity contribution in [2.45, 2.75) is 0 Å². The SMILES string of the molecule is O=C(N/N=C/c1ccc(Oc2ccc([N+](=O)[O-])cc2[N+](=O)[O-])cc1)c1ccccc1O. The van der Waals surface area contributed by atoms with Crippen molar-refractivity contribution in [2.75, 3.05) is 0 Å². The fourth-order valence-electron chi connectivity index (χ4n) is 2.49. The van der Waals surface area contributed by atoms with Crippen molar-refractivity contribution < 1.29 is 24.5 Å². The van der Waals surface area contributed by atoms with Crippen LogP contribution in [0.5, 0.6) is 17.2 Å². The lowest BCUT2D eigenvalue weighted by molar-refractivity contribution is -0.394. The zero-order valence-electron chi connectivity index (χ0n) is 15.7. The van der Waals surface area contributed by atoms with Crippen LogP contribution in [0.4, 0.5) is 11.4 Å². The molecule has 0 heterocycles. The predicted octanol–water partition coefficient (Wildman–Crippen LogP) is 3.76. The van der Waals surface area contributed by atoms with Crippen LogP contribution in [0.2, 0.25) is 0 Å². The highest BCUT2D eigenvalue weighted by molar-refractivity contribution is 5.97. The van der Waals surface area contributed by atoms with E-state index in [1.807, 2.05) is 0 Å². The molecule has 3 rings (SSSR count). The Balaban J connectivity index is 1.67. The van der Waals surface area contributed by atoms with Gasteiger partial charge in [0.15, 0.2) is 0 Å². The number of carbonyl (C=O) groups excluding carboxylic acids is 1. The van der Waals surface area contributed by atoms with Gasteiger partial charge in [-0.05, 0) is 48.0 Å². The molecule has 11 heteroatoms. The number of ether oxygens (including phenoxy) is 1. The van der Waals surface area contributed by atoms with E-state index >= 15 is 0 Å². The van der Waals surface area contributed by atoms with E-state index in [9.17, 15) is 30.1 Å². The number of para-hydroxylation sites is 1. The van der Waals surface area contributed by atoms with Gasteiger partial charge < -0.3 is 9.84 Å². The van der Waals surface area contributed by atoms with Crippen LogP contribution in [0.1, 0.15) is 15.9 Å². The van der Waals surface area contributed by atoms with Crippen LogP contribution in [0.3, 0.4) is 0 Å². The number of phenolic OH excluding ortho intramolecular Hbond substituents is 1. The number of rotatable bonds is 7. The minimum atomic E-state index is -0.767. The average Bonchev–Trinajstić information content (AvgIpc) is 2.75. The highest BCUT2D eigenvalue weighted by Gasteiger charge is 2.21. The Morgan fingerprint density at radius 1 is 1.00 bits per heavy atom. The average molecular weight is 422 g/mol. The van der Waals surface area contributed by atoms with Crippen LogP contribution in [0.15, 0.2) is 71.8 Å². The summed E-state index contributed by atoms with van der Waals surface area (Å²) in [7, 11) is 0. The van der Waals surface area contributed by atoms with Gasteiger partial charge in [-0.1, -0.05) is 12.1 Å². The molecule has 0 aliphatic heterocycles. The molecular weight excluding hydrogens is 408 g/mol. The third-order valence-electron chi connectivity index (χ3n) is 3.99. The maximum Gasteiger partial charge on any atom is 0.318 e. The molecule has 2 N–H and O–H groups in total. The third-order valence-corrected chi connectivity index (χ3v) is 3.99. The van der Waals surface area contributed by atoms with Gasteiger partial charge in [0, 0.05) is 6.07 Å². The number of non-ortho nitro benzene ring substituents is 1. The van der Waals surface area contributed by atoms with E-state index < -0.39 is 27.1 Å². The molecule has 0 unspecified atom stereocenters. The van der Waals surface area contributed by atoms with Gasteiger partial charge in [-0.25, -0.2) is 5.43 Å². The summed E-state index contributed by atoms with van der Waals surface area (Å²) in [5.74, 6) is -0.642. The Morgan fingerprint density at radius 2 is 1.71 bits per heavy atom. The largest absolute Gasteiger partial charge is 0.507 e. The molecule has 31 heavy (non-hydrogen) atoms.